The Labute approximate surface area is 174 Å². The fraction of sp³-hybridized carbons (Fsp3) is 0.318. The van der Waals surface area contributed by atoms with E-state index in [2.05, 4.69) is 24.1 Å². The highest BCUT2D eigenvalue weighted by Gasteiger charge is 2.18. The Bertz CT molecular complexity index is 1140. The number of benzene rings is 1. The zero-order valence-corrected chi connectivity index (χ0v) is 17.7. The van der Waals surface area contributed by atoms with E-state index in [0.717, 1.165) is 0 Å². The van der Waals surface area contributed by atoms with E-state index in [0.29, 0.717) is 41.0 Å². The van der Waals surface area contributed by atoms with Crippen LogP contribution in [0.15, 0.2) is 41.3 Å². The second-order valence-corrected chi connectivity index (χ2v) is 7.16. The van der Waals surface area contributed by atoms with Crippen LogP contribution in [0.2, 0.25) is 0 Å². The highest BCUT2D eigenvalue weighted by Crippen LogP contribution is 2.30. The smallest absolute Gasteiger partial charge is 0.261 e. The zero-order valence-electron chi connectivity index (χ0n) is 17.7. The maximum atomic E-state index is 13.1. The largest absolute Gasteiger partial charge is 0.493 e. The Morgan fingerprint density at radius 2 is 1.80 bits per heavy atom. The van der Waals surface area contributed by atoms with Crippen molar-refractivity contribution in [2.24, 2.45) is 5.92 Å². The van der Waals surface area contributed by atoms with Crippen molar-refractivity contribution in [3.63, 3.8) is 0 Å². The quantitative estimate of drug-likeness (QED) is 0.641. The number of carbonyl (C=O) groups is 1. The third-order valence-electron chi connectivity index (χ3n) is 4.56. The lowest BCUT2D eigenvalue weighted by Gasteiger charge is -2.16. The van der Waals surface area contributed by atoms with Gasteiger partial charge < -0.3 is 24.1 Å². The molecule has 158 valence electrons. The maximum absolute atomic E-state index is 13.1. The van der Waals surface area contributed by atoms with Crippen molar-refractivity contribution in [3.8, 4) is 17.4 Å². The highest BCUT2D eigenvalue weighted by atomic mass is 16.5. The van der Waals surface area contributed by atoms with Crippen molar-refractivity contribution < 1.29 is 19.0 Å². The van der Waals surface area contributed by atoms with E-state index in [4.69, 9.17) is 14.2 Å². The van der Waals surface area contributed by atoms with Crippen LogP contribution >= 0.6 is 0 Å². The molecule has 8 heteroatoms. The third-order valence-corrected chi connectivity index (χ3v) is 4.56. The molecule has 0 unspecified atom stereocenters. The van der Waals surface area contributed by atoms with Crippen LogP contribution < -0.4 is 25.0 Å². The summed E-state index contributed by atoms with van der Waals surface area (Å²) in [5, 5.41) is 2.75. The summed E-state index contributed by atoms with van der Waals surface area (Å²) in [4.78, 5) is 30.3. The number of nitrogens with zero attached hydrogens (tertiary/aromatic N) is 2. The van der Waals surface area contributed by atoms with Crippen LogP contribution in [-0.4, -0.2) is 36.8 Å². The number of anilines is 1. The topological polar surface area (TPSA) is 91.7 Å². The lowest BCUT2D eigenvalue weighted by molar-refractivity contribution is 0.102. The van der Waals surface area contributed by atoms with Crippen molar-refractivity contribution in [2.75, 3.05) is 26.6 Å². The summed E-state index contributed by atoms with van der Waals surface area (Å²) in [6.45, 7) is 4.75. The van der Waals surface area contributed by atoms with E-state index >= 15 is 0 Å². The van der Waals surface area contributed by atoms with E-state index in [1.54, 1.807) is 36.5 Å². The molecule has 0 saturated carbocycles. The summed E-state index contributed by atoms with van der Waals surface area (Å²) < 4.78 is 17.5. The number of fused-ring (bicyclic) bond motifs is 1. The van der Waals surface area contributed by atoms with Gasteiger partial charge in [0.25, 0.3) is 5.91 Å². The van der Waals surface area contributed by atoms with Crippen molar-refractivity contribution in [1.29, 1.82) is 0 Å². The minimum Gasteiger partial charge on any atom is -0.493 e. The Balaban J connectivity index is 2.07. The van der Waals surface area contributed by atoms with Gasteiger partial charge in [0.1, 0.15) is 11.1 Å². The number of carbonyl (C=O) groups excluding carboxylic acids is 1. The molecule has 0 aliphatic rings. The second-order valence-electron chi connectivity index (χ2n) is 7.16. The van der Waals surface area contributed by atoms with Gasteiger partial charge in [-0.25, -0.2) is 4.98 Å². The second kappa shape index (κ2) is 8.86. The number of amides is 1. The van der Waals surface area contributed by atoms with Gasteiger partial charge in [0.05, 0.1) is 26.8 Å². The van der Waals surface area contributed by atoms with Crippen LogP contribution in [0.25, 0.3) is 11.0 Å². The molecule has 1 aromatic carbocycles. The fourth-order valence-electron chi connectivity index (χ4n) is 3.18. The first-order valence-corrected chi connectivity index (χ1v) is 9.49. The van der Waals surface area contributed by atoms with E-state index in [1.165, 1.54) is 21.3 Å². The molecule has 0 spiro atoms. The highest BCUT2D eigenvalue weighted by molar-refractivity contribution is 6.05. The Morgan fingerprint density at radius 3 is 2.43 bits per heavy atom. The summed E-state index contributed by atoms with van der Waals surface area (Å²) in [6, 6.07) is 8.46. The number of hydrogen-bond acceptors (Lipinski definition) is 6. The van der Waals surface area contributed by atoms with Crippen LogP contribution in [-0.2, 0) is 6.54 Å². The lowest BCUT2D eigenvalue weighted by atomic mass is 10.1. The third kappa shape index (κ3) is 4.22. The molecule has 0 radical (unpaired) electrons. The molecular formula is C22H25N3O5. The molecule has 3 aromatic rings. The number of ether oxygens (including phenoxy) is 3. The summed E-state index contributed by atoms with van der Waals surface area (Å²) in [5.41, 5.74) is 0.860. The zero-order chi connectivity index (χ0) is 21.8. The minimum atomic E-state index is -0.531. The molecule has 3 rings (SSSR count). The first kappa shape index (κ1) is 21.2. The van der Waals surface area contributed by atoms with Crippen LogP contribution in [0, 0.1) is 5.92 Å². The Hall–Kier alpha value is -3.55. The fourth-order valence-corrected chi connectivity index (χ4v) is 3.18. The Kier molecular flexibility index (Phi) is 6.25. The van der Waals surface area contributed by atoms with Gasteiger partial charge >= 0.3 is 0 Å². The van der Waals surface area contributed by atoms with Crippen LogP contribution in [0.3, 0.4) is 0 Å². The van der Waals surface area contributed by atoms with Gasteiger partial charge in [0, 0.05) is 30.6 Å². The van der Waals surface area contributed by atoms with Gasteiger partial charge in [0.2, 0.25) is 11.3 Å². The molecule has 0 fully saturated rings. The predicted octanol–water partition coefficient (Wildman–Crippen LogP) is 3.33. The average Bonchev–Trinajstić information content (AvgIpc) is 2.74. The molecule has 0 aliphatic heterocycles. The summed E-state index contributed by atoms with van der Waals surface area (Å²) in [5.74, 6) is 1.10. The van der Waals surface area contributed by atoms with Crippen LogP contribution in [0.5, 0.6) is 17.4 Å². The number of methoxy groups -OCH3 is 3. The van der Waals surface area contributed by atoms with Gasteiger partial charge in [-0.05, 0) is 24.1 Å². The van der Waals surface area contributed by atoms with Gasteiger partial charge in [0.15, 0.2) is 11.5 Å². The van der Waals surface area contributed by atoms with Crippen LogP contribution in [0.4, 0.5) is 5.69 Å². The molecular weight excluding hydrogens is 386 g/mol. The van der Waals surface area contributed by atoms with Gasteiger partial charge in [-0.15, -0.1) is 0 Å². The van der Waals surface area contributed by atoms with Crippen LogP contribution in [0.1, 0.15) is 24.2 Å². The molecule has 1 amide bonds. The SMILES string of the molecule is COc1ccc2c(n1)c(=O)c(C(=O)Nc1ccc(OC)c(OC)c1)cn2CC(C)C. The standard InChI is InChI=1S/C22H25N3O5/c1-13(2)11-25-12-15(21(26)20-16(25)7-9-19(24-20)30-5)22(27)23-14-6-8-17(28-3)18(10-14)29-4/h6-10,12-13H,11H2,1-5H3,(H,23,27). The van der Waals surface area contributed by atoms with Gasteiger partial charge in [-0.1, -0.05) is 13.8 Å². The maximum Gasteiger partial charge on any atom is 0.261 e. The molecule has 0 aliphatic carbocycles. The summed E-state index contributed by atoms with van der Waals surface area (Å²) >= 11 is 0. The molecule has 2 heterocycles. The summed E-state index contributed by atoms with van der Waals surface area (Å²) in [7, 11) is 4.52. The number of nitrogens with one attached hydrogen (secondary N) is 1. The summed E-state index contributed by atoms with van der Waals surface area (Å²) in [6.07, 6.45) is 1.58. The molecule has 1 N–H and O–H groups in total. The van der Waals surface area contributed by atoms with E-state index in [9.17, 15) is 9.59 Å². The van der Waals surface area contributed by atoms with Crippen molar-refractivity contribution in [3.05, 3.63) is 52.3 Å². The normalized spacial score (nSPS) is 10.9. The monoisotopic (exact) mass is 411 g/mol. The lowest BCUT2D eigenvalue weighted by Crippen LogP contribution is -2.25. The molecule has 0 saturated heterocycles. The van der Waals surface area contributed by atoms with E-state index in [1.807, 2.05) is 4.57 Å². The van der Waals surface area contributed by atoms with Gasteiger partial charge in [-0.2, -0.15) is 0 Å². The van der Waals surface area contributed by atoms with Gasteiger partial charge in [-0.3, -0.25) is 9.59 Å². The molecule has 0 bridgehead atoms. The van der Waals surface area contributed by atoms with Crippen molar-refractivity contribution in [2.45, 2.75) is 20.4 Å². The van der Waals surface area contributed by atoms with E-state index in [-0.39, 0.29) is 11.1 Å². The number of pyridine rings is 2. The van der Waals surface area contributed by atoms with E-state index < -0.39 is 11.3 Å². The molecule has 0 atom stereocenters. The minimum absolute atomic E-state index is 0.00121. The predicted molar refractivity (Wildman–Crippen MR) is 115 cm³/mol. The first-order chi connectivity index (χ1) is 14.4. The number of rotatable bonds is 7. The number of hydrogen-bond donors (Lipinski definition) is 1. The first-order valence-electron chi connectivity index (χ1n) is 9.49. The average molecular weight is 411 g/mol. The Morgan fingerprint density at radius 1 is 1.07 bits per heavy atom. The molecule has 2 aromatic heterocycles. The molecule has 8 nitrogen and oxygen atoms in total. The van der Waals surface area contributed by atoms with Crippen molar-refractivity contribution in [1.82, 2.24) is 9.55 Å². The number of aromatic nitrogens is 2. The molecule has 30 heavy (non-hydrogen) atoms. The van der Waals surface area contributed by atoms with Crippen molar-refractivity contribution >= 4 is 22.6 Å².